The number of carbonyl (C=O) groups excluding carboxylic acids is 1. The van der Waals surface area contributed by atoms with E-state index in [1.54, 1.807) is 48.5 Å². The van der Waals surface area contributed by atoms with Crippen LogP contribution in [0.2, 0.25) is 5.02 Å². The van der Waals surface area contributed by atoms with Gasteiger partial charge in [-0.25, -0.2) is 9.78 Å². The fourth-order valence-corrected chi connectivity index (χ4v) is 5.50. The summed E-state index contributed by atoms with van der Waals surface area (Å²) in [7, 11) is 0. The lowest BCUT2D eigenvalue weighted by Crippen LogP contribution is -2.46. The van der Waals surface area contributed by atoms with Gasteiger partial charge in [0, 0.05) is 21.6 Å². The third kappa shape index (κ3) is 2.97. The van der Waals surface area contributed by atoms with E-state index >= 15 is 0 Å². The summed E-state index contributed by atoms with van der Waals surface area (Å²) in [6.07, 6.45) is -1.24. The molecule has 1 aliphatic heterocycles. The largest absolute Gasteiger partial charge is 0.465 e. The Morgan fingerprint density at radius 2 is 2.06 bits per heavy atom. The number of rotatable bonds is 4. The molecule has 2 aromatic carbocycles. The second-order valence-electron chi connectivity index (χ2n) is 7.45. The zero-order chi connectivity index (χ0) is 22.6. The van der Waals surface area contributed by atoms with Crippen LogP contribution >= 0.6 is 22.9 Å². The number of aliphatic hydroxyl groups is 1. The SMILES string of the molecule is CC(c1sccc1Cl)N1C(=O)c2ccccc2C1(O)c1ccc2nc(NC(=O)O)[nH]c2c1. The maximum absolute atomic E-state index is 13.5. The van der Waals surface area contributed by atoms with Crippen LogP contribution < -0.4 is 5.32 Å². The average Bonchev–Trinajstić information content (AvgIpc) is 3.42. The van der Waals surface area contributed by atoms with Gasteiger partial charge in [0.15, 0.2) is 5.72 Å². The molecule has 4 aromatic rings. The smallest absolute Gasteiger partial charge is 0.411 e. The second-order valence-corrected chi connectivity index (χ2v) is 8.80. The molecule has 4 N–H and O–H groups in total. The molecule has 2 atom stereocenters. The number of aromatic nitrogens is 2. The average molecular weight is 469 g/mol. The van der Waals surface area contributed by atoms with Crippen LogP contribution in [-0.2, 0) is 5.72 Å². The lowest BCUT2D eigenvalue weighted by Gasteiger charge is -2.38. The Bertz CT molecular complexity index is 1380. The lowest BCUT2D eigenvalue weighted by molar-refractivity contribution is -0.0670. The van der Waals surface area contributed by atoms with Crippen molar-refractivity contribution in [2.24, 2.45) is 0 Å². The van der Waals surface area contributed by atoms with Crippen molar-refractivity contribution in [2.75, 3.05) is 5.32 Å². The zero-order valence-corrected chi connectivity index (χ0v) is 18.2. The van der Waals surface area contributed by atoms with Crippen molar-refractivity contribution in [1.29, 1.82) is 0 Å². The minimum atomic E-state index is -1.76. The highest BCUT2D eigenvalue weighted by atomic mass is 35.5. The molecule has 5 rings (SSSR count). The number of amides is 2. The molecule has 0 fully saturated rings. The summed E-state index contributed by atoms with van der Waals surface area (Å²) >= 11 is 7.77. The summed E-state index contributed by atoms with van der Waals surface area (Å²) < 4.78 is 0. The van der Waals surface area contributed by atoms with Gasteiger partial charge in [0.2, 0.25) is 5.95 Å². The maximum atomic E-state index is 13.5. The minimum Gasteiger partial charge on any atom is -0.465 e. The highest BCUT2D eigenvalue weighted by molar-refractivity contribution is 7.10. The molecule has 0 saturated heterocycles. The molecule has 3 heterocycles. The van der Waals surface area contributed by atoms with Crippen LogP contribution in [0.5, 0.6) is 0 Å². The Labute approximate surface area is 191 Å². The fraction of sp³-hybridized carbons (Fsp3) is 0.136. The Morgan fingerprint density at radius 1 is 1.28 bits per heavy atom. The molecule has 0 aliphatic carbocycles. The normalized spacial score (nSPS) is 18.7. The monoisotopic (exact) mass is 468 g/mol. The Kier molecular flexibility index (Phi) is 4.70. The van der Waals surface area contributed by atoms with Crippen molar-refractivity contribution in [3.05, 3.63) is 80.5 Å². The summed E-state index contributed by atoms with van der Waals surface area (Å²) in [4.78, 5) is 33.7. The number of nitrogens with one attached hydrogen (secondary N) is 2. The van der Waals surface area contributed by atoms with Gasteiger partial charge in [-0.15, -0.1) is 11.3 Å². The van der Waals surface area contributed by atoms with Gasteiger partial charge in [-0.3, -0.25) is 15.0 Å². The van der Waals surface area contributed by atoms with E-state index in [9.17, 15) is 14.7 Å². The number of carboxylic acid groups (broad SMARTS) is 1. The quantitative estimate of drug-likeness (QED) is 0.344. The third-order valence-corrected chi connectivity index (χ3v) is 7.15. The Balaban J connectivity index is 1.68. The Morgan fingerprint density at radius 3 is 2.78 bits per heavy atom. The molecule has 2 aromatic heterocycles. The fourth-order valence-electron chi connectivity index (χ4n) is 4.24. The molecule has 10 heteroatoms. The van der Waals surface area contributed by atoms with E-state index in [2.05, 4.69) is 15.3 Å². The maximum Gasteiger partial charge on any atom is 0.411 e. The summed E-state index contributed by atoms with van der Waals surface area (Å²) in [5.41, 5.74) is 0.575. The number of aromatic amines is 1. The first-order valence-electron chi connectivity index (χ1n) is 9.69. The van der Waals surface area contributed by atoms with E-state index in [1.165, 1.54) is 16.2 Å². The number of fused-ring (bicyclic) bond motifs is 2. The van der Waals surface area contributed by atoms with Gasteiger partial charge in [-0.2, -0.15) is 0 Å². The van der Waals surface area contributed by atoms with E-state index < -0.39 is 17.9 Å². The summed E-state index contributed by atoms with van der Waals surface area (Å²) in [5, 5.41) is 25.6. The molecule has 2 amide bonds. The lowest BCUT2D eigenvalue weighted by atomic mass is 9.92. The van der Waals surface area contributed by atoms with Crippen LogP contribution in [0.4, 0.5) is 10.7 Å². The Hall–Kier alpha value is -3.40. The van der Waals surface area contributed by atoms with E-state index in [1.807, 2.05) is 12.3 Å². The van der Waals surface area contributed by atoms with Gasteiger partial charge < -0.3 is 15.2 Å². The molecular weight excluding hydrogens is 452 g/mol. The molecule has 2 unspecified atom stereocenters. The molecule has 0 spiro atoms. The van der Waals surface area contributed by atoms with Crippen molar-refractivity contribution in [2.45, 2.75) is 18.7 Å². The number of nitrogens with zero attached hydrogens (tertiary/aromatic N) is 2. The molecule has 0 saturated carbocycles. The first kappa shape index (κ1) is 20.5. The number of imidazole rings is 1. The van der Waals surface area contributed by atoms with Gasteiger partial charge in [-0.1, -0.05) is 35.9 Å². The number of benzene rings is 2. The van der Waals surface area contributed by atoms with E-state index in [-0.39, 0.29) is 11.9 Å². The molecule has 8 nitrogen and oxygen atoms in total. The van der Waals surface area contributed by atoms with E-state index in [0.717, 1.165) is 4.88 Å². The van der Waals surface area contributed by atoms with E-state index in [0.29, 0.717) is 32.7 Å². The van der Waals surface area contributed by atoms with Crippen LogP contribution in [0.3, 0.4) is 0 Å². The zero-order valence-electron chi connectivity index (χ0n) is 16.7. The van der Waals surface area contributed by atoms with Gasteiger partial charge in [0.1, 0.15) is 0 Å². The van der Waals surface area contributed by atoms with Crippen molar-refractivity contribution < 1.29 is 19.8 Å². The second kappa shape index (κ2) is 7.33. The minimum absolute atomic E-state index is 0.0649. The van der Waals surface area contributed by atoms with Gasteiger partial charge in [0.25, 0.3) is 5.91 Å². The predicted octanol–water partition coefficient (Wildman–Crippen LogP) is 4.78. The van der Waals surface area contributed by atoms with Crippen molar-refractivity contribution in [1.82, 2.24) is 14.9 Å². The highest BCUT2D eigenvalue weighted by Crippen LogP contribution is 2.48. The molecule has 162 valence electrons. The van der Waals surface area contributed by atoms with Crippen LogP contribution in [0.1, 0.15) is 39.3 Å². The number of hydrogen-bond donors (Lipinski definition) is 4. The van der Waals surface area contributed by atoms with Gasteiger partial charge in [0.05, 0.1) is 22.1 Å². The molecule has 32 heavy (non-hydrogen) atoms. The number of halogens is 1. The first-order chi connectivity index (χ1) is 15.3. The third-order valence-electron chi connectivity index (χ3n) is 5.62. The van der Waals surface area contributed by atoms with Crippen LogP contribution in [0.25, 0.3) is 11.0 Å². The van der Waals surface area contributed by atoms with E-state index in [4.69, 9.17) is 16.7 Å². The van der Waals surface area contributed by atoms with Crippen LogP contribution in [0, 0.1) is 0 Å². The summed E-state index contributed by atoms with van der Waals surface area (Å²) in [5.74, 6) is -0.242. The summed E-state index contributed by atoms with van der Waals surface area (Å²) in [6, 6.07) is 13.2. The van der Waals surface area contributed by atoms with Gasteiger partial charge >= 0.3 is 6.09 Å². The van der Waals surface area contributed by atoms with Gasteiger partial charge in [-0.05, 0) is 36.6 Å². The van der Waals surface area contributed by atoms with Crippen molar-refractivity contribution >= 4 is 51.9 Å². The topological polar surface area (TPSA) is 119 Å². The number of H-pyrrole nitrogens is 1. The summed E-state index contributed by atoms with van der Waals surface area (Å²) in [6.45, 7) is 1.83. The number of anilines is 1. The van der Waals surface area contributed by atoms with Crippen molar-refractivity contribution in [3.8, 4) is 0 Å². The number of carbonyl (C=O) groups is 2. The molecule has 1 aliphatic rings. The molecule has 0 bridgehead atoms. The van der Waals surface area contributed by atoms with Crippen LogP contribution in [0.15, 0.2) is 53.9 Å². The highest BCUT2D eigenvalue weighted by Gasteiger charge is 2.52. The molecular formula is C22H17ClN4O4S. The molecule has 0 radical (unpaired) electrons. The number of thiophene rings is 1. The first-order valence-corrected chi connectivity index (χ1v) is 10.9. The van der Waals surface area contributed by atoms with Crippen molar-refractivity contribution in [3.63, 3.8) is 0 Å². The number of hydrogen-bond acceptors (Lipinski definition) is 5. The van der Waals surface area contributed by atoms with Crippen LogP contribution in [-0.4, -0.2) is 37.1 Å². The standard InChI is InChI=1S/C22H17ClN4O4S/c1-11(18-15(23)8-9-32-18)27-19(28)13-4-2-3-5-14(13)22(27,31)12-6-7-16-17(10-12)25-20(24-16)26-21(29)30/h2-11,31H,1H3,(H,29,30)(H2,24,25,26). The predicted molar refractivity (Wildman–Crippen MR) is 121 cm³/mol.